The lowest BCUT2D eigenvalue weighted by Crippen LogP contribution is -2.45. The van der Waals surface area contributed by atoms with Gasteiger partial charge in [0.1, 0.15) is 0 Å². The second-order valence-corrected chi connectivity index (χ2v) is 8.17. The number of carbonyl (C=O) groups excluding carboxylic acids is 4. The molecule has 1 aliphatic heterocycles. The molecule has 12 nitrogen and oxygen atoms in total. The molecule has 0 radical (unpaired) electrons. The predicted molar refractivity (Wildman–Crippen MR) is 125 cm³/mol. The van der Waals surface area contributed by atoms with Gasteiger partial charge in [-0.25, -0.2) is 0 Å². The third kappa shape index (κ3) is 6.23. The minimum Gasteiger partial charge on any atom is -0.394 e. The average Bonchev–Trinajstić information content (AvgIpc) is 2.90. The molecule has 0 saturated carbocycles. The summed E-state index contributed by atoms with van der Waals surface area (Å²) in [5.41, 5.74) is 1.50. The number of hydrogen-bond donors (Lipinski definition) is 8. The molecule has 1 aliphatic rings. The van der Waals surface area contributed by atoms with E-state index in [1.807, 2.05) is 0 Å². The van der Waals surface area contributed by atoms with E-state index >= 15 is 0 Å². The lowest BCUT2D eigenvalue weighted by Gasteiger charge is -2.23. The van der Waals surface area contributed by atoms with E-state index in [1.165, 1.54) is 12.1 Å². The summed E-state index contributed by atoms with van der Waals surface area (Å²) in [6, 6.07) is 8.39. The van der Waals surface area contributed by atoms with Crippen molar-refractivity contribution in [1.29, 1.82) is 0 Å². The van der Waals surface area contributed by atoms with Crippen molar-refractivity contribution in [2.24, 2.45) is 0 Å². The number of carbonyl (C=O) groups is 4. The Labute approximate surface area is 206 Å². The molecule has 8 N–H and O–H groups in total. The first-order chi connectivity index (χ1) is 17.3. The fourth-order valence-electron chi connectivity index (χ4n) is 3.82. The SMILES string of the molecule is O=C1NC(CO)c2cccc(c2)C(CO)NC(=O)C(=O)NC(CO)c2cccc(c2)C(CO)NC1=O. The highest BCUT2D eigenvalue weighted by Crippen LogP contribution is 2.21. The Balaban J connectivity index is 2.03. The van der Waals surface area contributed by atoms with Crippen molar-refractivity contribution in [3.63, 3.8) is 0 Å². The van der Waals surface area contributed by atoms with Gasteiger partial charge in [0.25, 0.3) is 0 Å². The zero-order valence-electron chi connectivity index (χ0n) is 19.2. The molecule has 4 atom stereocenters. The smallest absolute Gasteiger partial charge is 0.309 e. The summed E-state index contributed by atoms with van der Waals surface area (Å²) in [6.45, 7) is -2.24. The van der Waals surface area contributed by atoms with E-state index in [0.29, 0.717) is 22.3 Å². The quantitative estimate of drug-likeness (QED) is 0.221. The molecule has 0 aromatic heterocycles. The van der Waals surface area contributed by atoms with E-state index < -0.39 is 74.2 Å². The van der Waals surface area contributed by atoms with Gasteiger partial charge in [-0.05, 0) is 22.3 Å². The first-order valence-corrected chi connectivity index (χ1v) is 11.2. The van der Waals surface area contributed by atoms with Crippen LogP contribution in [0.25, 0.3) is 0 Å². The maximum Gasteiger partial charge on any atom is 0.309 e. The van der Waals surface area contributed by atoms with Crippen LogP contribution < -0.4 is 21.3 Å². The third-order valence-electron chi connectivity index (χ3n) is 5.79. The predicted octanol–water partition coefficient (Wildman–Crippen LogP) is -2.00. The molecule has 2 aromatic rings. The highest BCUT2D eigenvalue weighted by atomic mass is 16.3. The molecule has 0 spiro atoms. The summed E-state index contributed by atoms with van der Waals surface area (Å²) >= 11 is 0. The summed E-state index contributed by atoms with van der Waals surface area (Å²) in [7, 11) is 0. The highest BCUT2D eigenvalue weighted by molar-refractivity contribution is 6.35. The van der Waals surface area contributed by atoms with Gasteiger partial charge in [0, 0.05) is 0 Å². The van der Waals surface area contributed by atoms with Crippen molar-refractivity contribution in [1.82, 2.24) is 21.3 Å². The molecule has 4 amide bonds. The van der Waals surface area contributed by atoms with E-state index in [2.05, 4.69) is 21.3 Å². The minimum absolute atomic E-state index is 0.376. The van der Waals surface area contributed by atoms with Crippen molar-refractivity contribution in [2.75, 3.05) is 26.4 Å². The van der Waals surface area contributed by atoms with Crippen LogP contribution in [0.15, 0.2) is 48.5 Å². The van der Waals surface area contributed by atoms with Crippen LogP contribution in [0, 0.1) is 0 Å². The fraction of sp³-hybridized carbons (Fsp3) is 0.333. The maximum absolute atomic E-state index is 12.6. The Morgan fingerprint density at radius 1 is 0.472 bits per heavy atom. The lowest BCUT2D eigenvalue weighted by atomic mass is 9.99. The molecule has 3 rings (SSSR count). The normalized spacial score (nSPS) is 23.4. The summed E-state index contributed by atoms with van der Waals surface area (Å²) in [5, 5.41) is 49.0. The number of nitrogens with one attached hydrogen (secondary N) is 4. The van der Waals surface area contributed by atoms with Crippen molar-refractivity contribution in [3.8, 4) is 0 Å². The van der Waals surface area contributed by atoms with E-state index in [9.17, 15) is 39.6 Å². The van der Waals surface area contributed by atoms with Gasteiger partial charge in [-0.1, -0.05) is 48.5 Å². The molecule has 4 bridgehead atoms. The van der Waals surface area contributed by atoms with Crippen molar-refractivity contribution >= 4 is 23.6 Å². The van der Waals surface area contributed by atoms with Crippen LogP contribution in [-0.2, 0) is 19.2 Å². The lowest BCUT2D eigenvalue weighted by molar-refractivity contribution is -0.140. The van der Waals surface area contributed by atoms with E-state index in [1.54, 1.807) is 36.4 Å². The number of hydrogen-bond acceptors (Lipinski definition) is 8. The van der Waals surface area contributed by atoms with E-state index in [-0.39, 0.29) is 0 Å². The minimum atomic E-state index is -1.05. The van der Waals surface area contributed by atoms with Gasteiger partial charge < -0.3 is 41.7 Å². The monoisotopic (exact) mass is 500 g/mol. The molecule has 192 valence electrons. The molecule has 0 fully saturated rings. The van der Waals surface area contributed by atoms with E-state index in [0.717, 1.165) is 0 Å². The van der Waals surface area contributed by atoms with Gasteiger partial charge >= 0.3 is 23.6 Å². The molecular formula is C24H28N4O8. The molecule has 1 heterocycles. The molecule has 0 aliphatic carbocycles. The Morgan fingerprint density at radius 3 is 0.889 bits per heavy atom. The molecule has 0 saturated heterocycles. The first kappa shape index (κ1) is 26.8. The van der Waals surface area contributed by atoms with Gasteiger partial charge in [0.2, 0.25) is 0 Å². The average molecular weight is 501 g/mol. The van der Waals surface area contributed by atoms with Crippen LogP contribution in [0.3, 0.4) is 0 Å². The fourth-order valence-corrected chi connectivity index (χ4v) is 3.82. The molecular weight excluding hydrogens is 472 g/mol. The number of rotatable bonds is 4. The Hall–Kier alpha value is -3.84. The summed E-state index contributed by atoms with van der Waals surface area (Å²) in [5.74, 6) is -4.21. The zero-order chi connectivity index (χ0) is 26.2. The van der Waals surface area contributed by atoms with Crippen molar-refractivity contribution < 1.29 is 39.6 Å². The molecule has 2 aromatic carbocycles. The van der Waals surface area contributed by atoms with Gasteiger partial charge in [0.15, 0.2) is 0 Å². The topological polar surface area (TPSA) is 197 Å². The number of amides is 4. The first-order valence-electron chi connectivity index (χ1n) is 11.2. The number of aliphatic hydroxyl groups excluding tert-OH is 4. The van der Waals surface area contributed by atoms with Crippen molar-refractivity contribution in [2.45, 2.75) is 24.2 Å². The van der Waals surface area contributed by atoms with Crippen LogP contribution in [0.5, 0.6) is 0 Å². The van der Waals surface area contributed by atoms with Gasteiger partial charge in [0.05, 0.1) is 50.6 Å². The Bertz CT molecular complexity index is 959. The Morgan fingerprint density at radius 2 is 0.694 bits per heavy atom. The van der Waals surface area contributed by atoms with E-state index in [4.69, 9.17) is 0 Å². The standard InChI is InChI=1S/C24H28N4O8/c29-9-17-13-3-1-4-14(7-13)18(10-30)26-22(34)24(36)28-20(12-32)16-6-2-5-15(8-16)19(11-31)27-23(35)21(33)25-17/h1-8,17-20,29-32H,9-12H2,(H,25,33)(H,26,34)(H,27,35)(H,28,36). The number of fused-ring (bicyclic) bond motifs is 4. The van der Waals surface area contributed by atoms with Crippen LogP contribution in [-0.4, -0.2) is 70.5 Å². The second-order valence-electron chi connectivity index (χ2n) is 8.17. The summed E-state index contributed by atoms with van der Waals surface area (Å²) < 4.78 is 0. The number of aliphatic hydroxyl groups is 4. The largest absolute Gasteiger partial charge is 0.394 e. The highest BCUT2D eigenvalue weighted by Gasteiger charge is 2.26. The maximum atomic E-state index is 12.6. The zero-order valence-corrected chi connectivity index (χ0v) is 19.2. The summed E-state index contributed by atoms with van der Waals surface area (Å²) in [6.07, 6.45) is 0. The van der Waals surface area contributed by atoms with Gasteiger partial charge in [-0.3, -0.25) is 19.2 Å². The van der Waals surface area contributed by atoms with Crippen LogP contribution in [0.4, 0.5) is 0 Å². The Kier molecular flexibility index (Phi) is 9.08. The second kappa shape index (κ2) is 12.2. The molecule has 4 unspecified atom stereocenters. The number of benzene rings is 2. The van der Waals surface area contributed by atoms with Crippen molar-refractivity contribution in [3.05, 3.63) is 70.8 Å². The van der Waals surface area contributed by atoms with Gasteiger partial charge in [-0.2, -0.15) is 0 Å². The molecule has 36 heavy (non-hydrogen) atoms. The van der Waals surface area contributed by atoms with Gasteiger partial charge in [-0.15, -0.1) is 0 Å². The summed E-state index contributed by atoms with van der Waals surface area (Å²) in [4.78, 5) is 50.2. The molecule has 12 heteroatoms. The van der Waals surface area contributed by atoms with Crippen LogP contribution in [0.2, 0.25) is 0 Å². The van der Waals surface area contributed by atoms with Crippen LogP contribution in [0.1, 0.15) is 46.4 Å². The van der Waals surface area contributed by atoms with Crippen LogP contribution >= 0.6 is 0 Å². The third-order valence-corrected chi connectivity index (χ3v) is 5.79.